The maximum Gasteiger partial charge on any atom is 0.259 e. The van der Waals surface area contributed by atoms with Crippen molar-refractivity contribution in [3.63, 3.8) is 0 Å². The number of benzene rings is 1. The highest BCUT2D eigenvalue weighted by Gasteiger charge is 2.39. The van der Waals surface area contributed by atoms with E-state index < -0.39 is 0 Å². The van der Waals surface area contributed by atoms with Gasteiger partial charge in [-0.25, -0.2) is 4.39 Å². The zero-order valence-electron chi connectivity index (χ0n) is 15.1. The lowest BCUT2D eigenvalue weighted by Crippen LogP contribution is -2.17. The molecule has 3 rings (SSSR count). The molecule has 0 saturated carbocycles. The van der Waals surface area contributed by atoms with Crippen molar-refractivity contribution in [1.29, 1.82) is 0 Å². The SMILES string of the molecule is Cc1nn(C)c(C)c1C(=O)Nc1ccc(F)c2c1C(C)CC2(C)C. The van der Waals surface area contributed by atoms with Gasteiger partial charge in [0, 0.05) is 18.4 Å². The van der Waals surface area contributed by atoms with Crippen LogP contribution in [0.25, 0.3) is 0 Å². The van der Waals surface area contributed by atoms with Gasteiger partial charge in [-0.15, -0.1) is 0 Å². The molecule has 2 aromatic rings. The van der Waals surface area contributed by atoms with Crippen LogP contribution in [-0.2, 0) is 12.5 Å². The number of anilines is 1. The van der Waals surface area contributed by atoms with E-state index in [2.05, 4.69) is 31.2 Å². The predicted molar refractivity (Wildman–Crippen MR) is 93.1 cm³/mol. The highest BCUT2D eigenvalue weighted by Crippen LogP contribution is 2.49. The van der Waals surface area contributed by atoms with E-state index in [1.54, 1.807) is 10.7 Å². The first-order valence-electron chi connectivity index (χ1n) is 8.28. The van der Waals surface area contributed by atoms with Gasteiger partial charge in [0.15, 0.2) is 0 Å². The Kier molecular flexibility index (Phi) is 3.78. The summed E-state index contributed by atoms with van der Waals surface area (Å²) < 4.78 is 16.1. The number of carbonyl (C=O) groups is 1. The fourth-order valence-electron chi connectivity index (χ4n) is 4.16. The normalized spacial score (nSPS) is 18.5. The van der Waals surface area contributed by atoms with E-state index in [-0.39, 0.29) is 23.1 Å². The van der Waals surface area contributed by atoms with Gasteiger partial charge in [-0.2, -0.15) is 5.10 Å². The standard InChI is InChI=1S/C19H24FN3O/c1-10-9-19(4,5)17-13(20)7-8-14(15(10)17)21-18(24)16-11(2)22-23(6)12(16)3/h7-8,10H,9H2,1-6H3,(H,21,24). The molecule has 24 heavy (non-hydrogen) atoms. The van der Waals surface area contributed by atoms with Gasteiger partial charge in [-0.3, -0.25) is 9.48 Å². The summed E-state index contributed by atoms with van der Waals surface area (Å²) in [6, 6.07) is 3.13. The van der Waals surface area contributed by atoms with Crippen LogP contribution in [0.4, 0.5) is 10.1 Å². The zero-order chi connectivity index (χ0) is 17.8. The lowest BCUT2D eigenvalue weighted by atomic mass is 9.85. The fourth-order valence-corrected chi connectivity index (χ4v) is 4.16. The van der Waals surface area contributed by atoms with Gasteiger partial charge < -0.3 is 5.32 Å². The van der Waals surface area contributed by atoms with Crippen LogP contribution in [-0.4, -0.2) is 15.7 Å². The fraction of sp³-hybridized carbons (Fsp3) is 0.474. The average Bonchev–Trinajstić information content (AvgIpc) is 2.86. The Hall–Kier alpha value is -2.17. The third kappa shape index (κ3) is 2.43. The first kappa shape index (κ1) is 16.7. The van der Waals surface area contributed by atoms with E-state index in [9.17, 15) is 9.18 Å². The third-order valence-corrected chi connectivity index (χ3v) is 5.17. The molecule has 1 aliphatic rings. The Morgan fingerprint density at radius 2 is 2.04 bits per heavy atom. The summed E-state index contributed by atoms with van der Waals surface area (Å²) in [4.78, 5) is 12.8. The first-order chi connectivity index (χ1) is 11.1. The van der Waals surface area contributed by atoms with Crippen LogP contribution in [0.1, 0.15) is 66.0 Å². The second-order valence-corrected chi connectivity index (χ2v) is 7.50. The quantitative estimate of drug-likeness (QED) is 0.897. The number of aryl methyl sites for hydroxylation is 2. The summed E-state index contributed by atoms with van der Waals surface area (Å²) in [6.45, 7) is 9.89. The van der Waals surface area contributed by atoms with Crippen LogP contribution in [0.5, 0.6) is 0 Å². The second-order valence-electron chi connectivity index (χ2n) is 7.50. The number of rotatable bonds is 2. The van der Waals surface area contributed by atoms with Crippen molar-refractivity contribution in [2.45, 2.75) is 52.4 Å². The van der Waals surface area contributed by atoms with Gasteiger partial charge in [-0.05, 0) is 54.9 Å². The molecule has 1 amide bonds. The van der Waals surface area contributed by atoms with Crippen molar-refractivity contribution in [1.82, 2.24) is 9.78 Å². The molecule has 128 valence electrons. The number of aromatic nitrogens is 2. The molecular weight excluding hydrogens is 305 g/mol. The number of hydrogen-bond donors (Lipinski definition) is 1. The maximum atomic E-state index is 14.4. The molecule has 1 aliphatic carbocycles. The molecule has 5 heteroatoms. The molecule has 1 heterocycles. The van der Waals surface area contributed by atoms with Gasteiger partial charge in [0.25, 0.3) is 5.91 Å². The molecular formula is C19H24FN3O. The van der Waals surface area contributed by atoms with E-state index in [1.165, 1.54) is 6.07 Å². The molecule has 1 aromatic heterocycles. The molecule has 1 atom stereocenters. The summed E-state index contributed by atoms with van der Waals surface area (Å²) in [5.41, 5.74) is 4.23. The van der Waals surface area contributed by atoms with Gasteiger partial charge >= 0.3 is 0 Å². The number of hydrogen-bond acceptors (Lipinski definition) is 2. The summed E-state index contributed by atoms with van der Waals surface area (Å²) in [6.07, 6.45) is 0.872. The van der Waals surface area contributed by atoms with Crippen LogP contribution in [0, 0.1) is 19.7 Å². The molecule has 0 aliphatic heterocycles. The molecule has 0 radical (unpaired) electrons. The average molecular weight is 329 g/mol. The number of amides is 1. The Morgan fingerprint density at radius 3 is 2.62 bits per heavy atom. The largest absolute Gasteiger partial charge is 0.322 e. The Bertz CT molecular complexity index is 836. The van der Waals surface area contributed by atoms with Crippen LogP contribution >= 0.6 is 0 Å². The smallest absolute Gasteiger partial charge is 0.259 e. The zero-order valence-corrected chi connectivity index (χ0v) is 15.1. The highest BCUT2D eigenvalue weighted by atomic mass is 19.1. The Morgan fingerprint density at radius 1 is 1.38 bits per heavy atom. The van der Waals surface area contributed by atoms with E-state index in [0.717, 1.165) is 23.2 Å². The van der Waals surface area contributed by atoms with E-state index in [4.69, 9.17) is 0 Å². The molecule has 1 aromatic carbocycles. The van der Waals surface area contributed by atoms with Crippen LogP contribution in [0.3, 0.4) is 0 Å². The summed E-state index contributed by atoms with van der Waals surface area (Å²) in [7, 11) is 1.82. The van der Waals surface area contributed by atoms with Crippen LogP contribution in [0.2, 0.25) is 0 Å². The Labute approximate surface area is 142 Å². The maximum absolute atomic E-state index is 14.4. The predicted octanol–water partition coefficient (Wildman–Crippen LogP) is 4.21. The molecule has 0 saturated heterocycles. The number of nitrogens with zero attached hydrogens (tertiary/aromatic N) is 2. The minimum atomic E-state index is -0.223. The topological polar surface area (TPSA) is 46.9 Å². The molecule has 0 fully saturated rings. The summed E-state index contributed by atoms with van der Waals surface area (Å²) >= 11 is 0. The first-order valence-corrected chi connectivity index (χ1v) is 8.28. The van der Waals surface area contributed by atoms with E-state index in [0.29, 0.717) is 16.9 Å². The number of carbonyl (C=O) groups excluding carboxylic acids is 1. The lowest BCUT2D eigenvalue weighted by Gasteiger charge is -2.20. The number of halogens is 1. The minimum absolute atomic E-state index is 0.189. The third-order valence-electron chi connectivity index (χ3n) is 5.17. The molecule has 1 unspecified atom stereocenters. The second kappa shape index (κ2) is 5.43. The van der Waals surface area contributed by atoms with Crippen molar-refractivity contribution >= 4 is 11.6 Å². The lowest BCUT2D eigenvalue weighted by molar-refractivity contribution is 0.102. The van der Waals surface area contributed by atoms with Crippen molar-refractivity contribution in [3.8, 4) is 0 Å². The van der Waals surface area contributed by atoms with Gasteiger partial charge in [0.2, 0.25) is 0 Å². The Balaban J connectivity index is 2.04. The monoisotopic (exact) mass is 329 g/mol. The highest BCUT2D eigenvalue weighted by molar-refractivity contribution is 6.06. The molecule has 0 bridgehead atoms. The van der Waals surface area contributed by atoms with Gasteiger partial charge in [0.1, 0.15) is 5.82 Å². The van der Waals surface area contributed by atoms with Crippen molar-refractivity contribution < 1.29 is 9.18 Å². The summed E-state index contributed by atoms with van der Waals surface area (Å²) in [5.74, 6) is -0.174. The van der Waals surface area contributed by atoms with E-state index >= 15 is 0 Å². The number of fused-ring (bicyclic) bond motifs is 1. The van der Waals surface area contributed by atoms with Gasteiger partial charge in [-0.1, -0.05) is 20.8 Å². The number of nitrogens with one attached hydrogen (secondary N) is 1. The minimum Gasteiger partial charge on any atom is -0.322 e. The van der Waals surface area contributed by atoms with E-state index in [1.807, 2.05) is 20.9 Å². The molecule has 0 spiro atoms. The summed E-state index contributed by atoms with van der Waals surface area (Å²) in [5, 5.41) is 7.28. The van der Waals surface area contributed by atoms with Crippen LogP contribution in [0.15, 0.2) is 12.1 Å². The van der Waals surface area contributed by atoms with Crippen molar-refractivity contribution in [2.75, 3.05) is 5.32 Å². The molecule has 1 N–H and O–H groups in total. The van der Waals surface area contributed by atoms with Crippen molar-refractivity contribution in [2.24, 2.45) is 7.05 Å². The van der Waals surface area contributed by atoms with Crippen LogP contribution < -0.4 is 5.32 Å². The van der Waals surface area contributed by atoms with Crippen molar-refractivity contribution in [3.05, 3.63) is 46.0 Å². The van der Waals surface area contributed by atoms with Gasteiger partial charge in [0.05, 0.1) is 11.3 Å². The molecule has 4 nitrogen and oxygen atoms in total.